The largest absolute Gasteiger partial charge is 0.336 e. The zero-order chi connectivity index (χ0) is 9.41. The van der Waals surface area contributed by atoms with Crippen molar-refractivity contribution in [2.24, 2.45) is 5.92 Å². The van der Waals surface area contributed by atoms with E-state index in [4.69, 9.17) is 0 Å². The van der Waals surface area contributed by atoms with Crippen LogP contribution in [0, 0.1) is 5.92 Å². The molecular weight excluding hydrogens is 178 g/mol. The van der Waals surface area contributed by atoms with Crippen molar-refractivity contribution in [2.45, 2.75) is 32.7 Å². The van der Waals surface area contributed by atoms with Gasteiger partial charge in [-0.15, -0.1) is 0 Å². The van der Waals surface area contributed by atoms with Gasteiger partial charge in [-0.05, 0) is 19.3 Å². The summed E-state index contributed by atoms with van der Waals surface area (Å²) in [6, 6.07) is 0. The van der Waals surface area contributed by atoms with Crippen molar-refractivity contribution in [2.75, 3.05) is 6.61 Å². The molecule has 1 aliphatic rings. The van der Waals surface area contributed by atoms with Gasteiger partial charge < -0.3 is 0 Å². The fourth-order valence-electron chi connectivity index (χ4n) is 1.57. The third-order valence-corrected chi connectivity index (χ3v) is 2.93. The fraction of sp³-hybridized carbons (Fsp3) is 1.00. The molecule has 12 heavy (non-hydrogen) atoms. The highest BCUT2D eigenvalue weighted by Crippen LogP contribution is 2.23. The molecule has 0 radical (unpaired) electrons. The molecule has 0 saturated carbocycles. The average molecular weight is 193 g/mol. The van der Waals surface area contributed by atoms with Crippen molar-refractivity contribution >= 4 is 10.3 Å². The molecule has 1 fully saturated rings. The minimum Gasteiger partial charge on any atom is -0.256 e. The zero-order valence-electron chi connectivity index (χ0n) is 7.62. The van der Waals surface area contributed by atoms with Gasteiger partial charge in [-0.3, -0.25) is 4.18 Å². The van der Waals surface area contributed by atoms with Gasteiger partial charge >= 0.3 is 10.3 Å². The second-order valence-electron chi connectivity index (χ2n) is 3.98. The van der Waals surface area contributed by atoms with E-state index in [1.165, 1.54) is 0 Å². The predicted molar refractivity (Wildman–Crippen MR) is 45.9 cm³/mol. The van der Waals surface area contributed by atoms with Crippen LogP contribution in [0.1, 0.15) is 27.2 Å². The van der Waals surface area contributed by atoms with E-state index in [1.54, 1.807) is 0 Å². The lowest BCUT2D eigenvalue weighted by molar-refractivity contribution is 0.253. The molecule has 0 aliphatic carbocycles. The lowest BCUT2D eigenvalue weighted by Gasteiger charge is -2.22. The Bertz CT molecular complexity index is 260. The first-order valence-corrected chi connectivity index (χ1v) is 5.42. The van der Waals surface area contributed by atoms with Crippen LogP contribution >= 0.6 is 0 Å². The van der Waals surface area contributed by atoms with Crippen molar-refractivity contribution < 1.29 is 12.6 Å². The SMILES string of the molecule is CC(C)CC1(C)COS(=O)(=O)N1. The van der Waals surface area contributed by atoms with Gasteiger partial charge in [0.25, 0.3) is 0 Å². The van der Waals surface area contributed by atoms with Crippen LogP contribution in [0.2, 0.25) is 0 Å². The van der Waals surface area contributed by atoms with E-state index in [0.717, 1.165) is 6.42 Å². The average Bonchev–Trinajstić information content (AvgIpc) is 2.03. The van der Waals surface area contributed by atoms with Crippen LogP contribution in [0.5, 0.6) is 0 Å². The van der Waals surface area contributed by atoms with Crippen LogP contribution in [-0.2, 0) is 14.5 Å². The van der Waals surface area contributed by atoms with Crippen LogP contribution in [0.15, 0.2) is 0 Å². The van der Waals surface area contributed by atoms with Gasteiger partial charge in [0, 0.05) is 0 Å². The molecule has 0 aromatic carbocycles. The lowest BCUT2D eigenvalue weighted by atomic mass is 9.93. The summed E-state index contributed by atoms with van der Waals surface area (Å²) in [5.74, 6) is 0.458. The maximum absolute atomic E-state index is 10.9. The summed E-state index contributed by atoms with van der Waals surface area (Å²) in [4.78, 5) is 0. The first kappa shape index (κ1) is 9.95. The highest BCUT2D eigenvalue weighted by atomic mass is 32.2. The second kappa shape index (κ2) is 2.97. The molecule has 1 N–H and O–H groups in total. The molecule has 1 unspecified atom stereocenters. The summed E-state index contributed by atoms with van der Waals surface area (Å²) in [5, 5.41) is 0. The van der Waals surface area contributed by atoms with E-state index in [0.29, 0.717) is 5.92 Å². The minimum atomic E-state index is -3.45. The Labute approximate surface area is 73.6 Å². The molecule has 1 aliphatic heterocycles. The number of nitrogens with one attached hydrogen (secondary N) is 1. The van der Waals surface area contributed by atoms with E-state index in [1.807, 2.05) is 6.92 Å². The Morgan fingerprint density at radius 3 is 2.50 bits per heavy atom. The van der Waals surface area contributed by atoms with Crippen LogP contribution in [0.4, 0.5) is 0 Å². The topological polar surface area (TPSA) is 55.4 Å². The van der Waals surface area contributed by atoms with Gasteiger partial charge in [-0.25, -0.2) is 0 Å². The molecule has 5 heteroatoms. The monoisotopic (exact) mass is 193 g/mol. The molecule has 0 spiro atoms. The molecule has 72 valence electrons. The van der Waals surface area contributed by atoms with Crippen LogP contribution in [-0.4, -0.2) is 20.6 Å². The van der Waals surface area contributed by atoms with E-state index < -0.39 is 15.8 Å². The summed E-state index contributed by atoms with van der Waals surface area (Å²) in [5.41, 5.74) is -0.410. The molecule has 1 rings (SSSR count). The van der Waals surface area contributed by atoms with E-state index in [-0.39, 0.29) is 6.61 Å². The first-order valence-electron chi connectivity index (χ1n) is 4.01. The van der Waals surface area contributed by atoms with Crippen LogP contribution in [0.25, 0.3) is 0 Å². The lowest BCUT2D eigenvalue weighted by Crippen LogP contribution is -2.41. The molecular formula is C7H15NO3S. The Kier molecular flexibility index (Phi) is 2.47. The highest BCUT2D eigenvalue weighted by Gasteiger charge is 2.38. The summed E-state index contributed by atoms with van der Waals surface area (Å²) in [6.07, 6.45) is 0.798. The molecule has 0 amide bonds. The van der Waals surface area contributed by atoms with E-state index >= 15 is 0 Å². The Morgan fingerprint density at radius 1 is 1.58 bits per heavy atom. The Morgan fingerprint density at radius 2 is 2.17 bits per heavy atom. The minimum absolute atomic E-state index is 0.244. The molecule has 1 atom stereocenters. The highest BCUT2D eigenvalue weighted by molar-refractivity contribution is 7.85. The second-order valence-corrected chi connectivity index (χ2v) is 5.33. The first-order chi connectivity index (χ1) is 5.33. The smallest absolute Gasteiger partial charge is 0.256 e. The van der Waals surface area contributed by atoms with Gasteiger partial charge in [-0.2, -0.15) is 13.1 Å². The summed E-state index contributed by atoms with van der Waals surface area (Å²) >= 11 is 0. The van der Waals surface area contributed by atoms with E-state index in [2.05, 4.69) is 22.8 Å². The summed E-state index contributed by atoms with van der Waals surface area (Å²) in [7, 11) is -3.45. The molecule has 0 aromatic rings. The normalized spacial score (nSPS) is 34.3. The van der Waals surface area contributed by atoms with Gasteiger partial charge in [-0.1, -0.05) is 13.8 Å². The summed E-state index contributed by atoms with van der Waals surface area (Å²) in [6.45, 7) is 6.21. The Balaban J connectivity index is 2.65. The molecule has 1 heterocycles. The maximum Gasteiger partial charge on any atom is 0.336 e. The van der Waals surface area contributed by atoms with Crippen LogP contribution in [0.3, 0.4) is 0 Å². The predicted octanol–water partition coefficient (Wildman–Crippen LogP) is 0.656. The fourth-order valence-corrected chi connectivity index (χ4v) is 2.79. The summed E-state index contributed by atoms with van der Waals surface area (Å²) < 4.78 is 28.9. The third-order valence-electron chi connectivity index (χ3n) is 1.76. The van der Waals surface area contributed by atoms with Crippen molar-refractivity contribution in [3.63, 3.8) is 0 Å². The molecule has 1 saturated heterocycles. The maximum atomic E-state index is 10.9. The quantitative estimate of drug-likeness (QED) is 0.700. The zero-order valence-corrected chi connectivity index (χ0v) is 8.44. The van der Waals surface area contributed by atoms with E-state index in [9.17, 15) is 8.42 Å². The molecule has 4 nitrogen and oxygen atoms in total. The number of rotatable bonds is 2. The van der Waals surface area contributed by atoms with Gasteiger partial charge in [0.05, 0.1) is 12.1 Å². The van der Waals surface area contributed by atoms with Crippen molar-refractivity contribution in [3.05, 3.63) is 0 Å². The standard InChI is InChI=1S/C7H15NO3S/c1-6(2)4-7(3)5-11-12(9,10)8-7/h6,8H,4-5H2,1-3H3. The number of hydrogen-bond donors (Lipinski definition) is 1. The van der Waals surface area contributed by atoms with Crippen molar-refractivity contribution in [3.8, 4) is 0 Å². The Hall–Kier alpha value is -0.130. The van der Waals surface area contributed by atoms with Crippen molar-refractivity contribution in [1.82, 2.24) is 4.72 Å². The van der Waals surface area contributed by atoms with Crippen molar-refractivity contribution in [1.29, 1.82) is 0 Å². The van der Waals surface area contributed by atoms with Gasteiger partial charge in [0.2, 0.25) is 0 Å². The van der Waals surface area contributed by atoms with Gasteiger partial charge in [0.15, 0.2) is 0 Å². The third kappa shape index (κ3) is 2.43. The molecule has 0 bridgehead atoms. The molecule has 0 aromatic heterocycles. The number of hydrogen-bond acceptors (Lipinski definition) is 3. The van der Waals surface area contributed by atoms with Gasteiger partial charge in [0.1, 0.15) is 0 Å². The van der Waals surface area contributed by atoms with Crippen LogP contribution < -0.4 is 4.72 Å².